The average molecular weight is 339 g/mol. The third kappa shape index (κ3) is 3.32. The van der Waals surface area contributed by atoms with Crippen LogP contribution in [-0.2, 0) is 0 Å². The summed E-state index contributed by atoms with van der Waals surface area (Å²) in [6.07, 6.45) is 0.424. The molecule has 1 unspecified atom stereocenters. The monoisotopic (exact) mass is 339 g/mol. The molecule has 3 rings (SSSR count). The van der Waals surface area contributed by atoms with E-state index < -0.39 is 11.9 Å². The predicted octanol–water partition coefficient (Wildman–Crippen LogP) is 3.99. The number of hydrogen-bond donors (Lipinski definition) is 1. The van der Waals surface area contributed by atoms with Crippen LogP contribution < -0.4 is 9.47 Å². The Labute approximate surface area is 145 Å². The van der Waals surface area contributed by atoms with Gasteiger partial charge in [-0.3, -0.25) is 0 Å². The molecule has 2 aromatic carbocycles. The lowest BCUT2D eigenvalue weighted by Gasteiger charge is -2.17. The molecule has 0 amide bonds. The average Bonchev–Trinajstić information content (AvgIpc) is 2.68. The maximum absolute atomic E-state index is 14.5. The summed E-state index contributed by atoms with van der Waals surface area (Å²) >= 11 is 0. The highest BCUT2D eigenvalue weighted by molar-refractivity contribution is 5.64. The number of rotatable bonds is 5. The van der Waals surface area contributed by atoms with Crippen LogP contribution in [0.5, 0.6) is 11.6 Å². The first-order valence-corrected chi connectivity index (χ1v) is 7.75. The highest BCUT2D eigenvalue weighted by Gasteiger charge is 2.22. The van der Waals surface area contributed by atoms with Crippen molar-refractivity contribution >= 4 is 0 Å². The van der Waals surface area contributed by atoms with Gasteiger partial charge in [0.05, 0.1) is 14.2 Å². The molecule has 3 aromatic rings. The molecule has 0 saturated heterocycles. The maximum atomic E-state index is 14.5. The van der Waals surface area contributed by atoms with E-state index in [0.29, 0.717) is 5.56 Å². The lowest BCUT2D eigenvalue weighted by Crippen LogP contribution is -2.07. The largest absolute Gasteiger partial charge is 0.494 e. The van der Waals surface area contributed by atoms with Crippen LogP contribution >= 0.6 is 0 Å². The number of aromatic nitrogens is 1. The van der Waals surface area contributed by atoms with Gasteiger partial charge < -0.3 is 14.6 Å². The van der Waals surface area contributed by atoms with Gasteiger partial charge in [0.1, 0.15) is 6.10 Å². The van der Waals surface area contributed by atoms with E-state index >= 15 is 0 Å². The zero-order chi connectivity index (χ0) is 17.8. The van der Waals surface area contributed by atoms with Crippen LogP contribution in [0.2, 0.25) is 0 Å². The minimum Gasteiger partial charge on any atom is -0.494 e. The van der Waals surface area contributed by atoms with Crippen LogP contribution in [0.15, 0.2) is 60.8 Å². The molecule has 0 saturated carbocycles. The summed E-state index contributed by atoms with van der Waals surface area (Å²) in [5.41, 5.74) is 2.23. The molecule has 128 valence electrons. The van der Waals surface area contributed by atoms with Gasteiger partial charge in [-0.25, -0.2) is 9.37 Å². The lowest BCUT2D eigenvalue weighted by molar-refractivity contribution is 0.207. The van der Waals surface area contributed by atoms with Crippen molar-refractivity contribution in [3.63, 3.8) is 0 Å². The van der Waals surface area contributed by atoms with E-state index in [1.54, 1.807) is 18.3 Å². The molecule has 1 N–H and O–H groups in total. The smallest absolute Gasteiger partial charge is 0.219 e. The van der Waals surface area contributed by atoms with E-state index in [0.717, 1.165) is 11.1 Å². The van der Waals surface area contributed by atoms with Crippen molar-refractivity contribution in [2.24, 2.45) is 0 Å². The lowest BCUT2D eigenvalue weighted by atomic mass is 9.98. The van der Waals surface area contributed by atoms with Gasteiger partial charge in [0.15, 0.2) is 11.6 Å². The molecule has 1 heterocycles. The second kappa shape index (κ2) is 7.32. The maximum Gasteiger partial charge on any atom is 0.219 e. The molecule has 0 fully saturated rings. The highest BCUT2D eigenvalue weighted by atomic mass is 19.1. The van der Waals surface area contributed by atoms with E-state index in [4.69, 9.17) is 9.47 Å². The van der Waals surface area contributed by atoms with Gasteiger partial charge in [0.2, 0.25) is 5.88 Å². The molecule has 0 aliphatic heterocycles. The first kappa shape index (κ1) is 16.9. The molecule has 1 aromatic heterocycles. The Morgan fingerprint density at radius 2 is 1.68 bits per heavy atom. The van der Waals surface area contributed by atoms with Crippen molar-refractivity contribution in [2.75, 3.05) is 14.2 Å². The number of nitrogens with zero attached hydrogens (tertiary/aromatic N) is 1. The van der Waals surface area contributed by atoms with E-state index in [1.165, 1.54) is 26.4 Å². The first-order chi connectivity index (χ1) is 12.2. The molecule has 0 bridgehead atoms. The van der Waals surface area contributed by atoms with Crippen LogP contribution in [0.25, 0.3) is 11.1 Å². The summed E-state index contributed by atoms with van der Waals surface area (Å²) in [5, 5.41) is 10.8. The minimum absolute atomic E-state index is 0.0719. The van der Waals surface area contributed by atoms with Crippen molar-refractivity contribution in [1.29, 1.82) is 0 Å². The van der Waals surface area contributed by atoms with Gasteiger partial charge in [-0.1, -0.05) is 42.5 Å². The highest BCUT2D eigenvalue weighted by Crippen LogP contribution is 2.35. The molecule has 25 heavy (non-hydrogen) atoms. The van der Waals surface area contributed by atoms with Crippen molar-refractivity contribution in [2.45, 2.75) is 6.10 Å². The van der Waals surface area contributed by atoms with Crippen molar-refractivity contribution in [3.8, 4) is 22.8 Å². The molecule has 0 spiro atoms. The van der Waals surface area contributed by atoms with Gasteiger partial charge >= 0.3 is 0 Å². The number of hydrogen-bond acceptors (Lipinski definition) is 4. The molecule has 5 heteroatoms. The van der Waals surface area contributed by atoms with Gasteiger partial charge in [0.25, 0.3) is 0 Å². The van der Waals surface area contributed by atoms with E-state index in [9.17, 15) is 9.50 Å². The van der Waals surface area contributed by atoms with Crippen LogP contribution in [0, 0.1) is 5.82 Å². The summed E-state index contributed by atoms with van der Waals surface area (Å²) in [7, 11) is 2.84. The number of halogens is 1. The van der Waals surface area contributed by atoms with Crippen LogP contribution in [0.4, 0.5) is 4.39 Å². The Hall–Kier alpha value is -2.92. The third-order valence-corrected chi connectivity index (χ3v) is 3.98. The summed E-state index contributed by atoms with van der Waals surface area (Å²) in [6, 6.07) is 16.0. The molecule has 0 radical (unpaired) electrons. The van der Waals surface area contributed by atoms with Crippen LogP contribution in [0.1, 0.15) is 17.2 Å². The molecule has 4 nitrogen and oxygen atoms in total. The molecule has 0 aliphatic carbocycles. The second-order valence-corrected chi connectivity index (χ2v) is 5.45. The van der Waals surface area contributed by atoms with Crippen LogP contribution in [-0.4, -0.2) is 24.3 Å². The fourth-order valence-electron chi connectivity index (χ4n) is 2.69. The Morgan fingerprint density at radius 1 is 0.920 bits per heavy atom. The number of aliphatic hydroxyl groups is 1. The number of benzene rings is 2. The summed E-state index contributed by atoms with van der Waals surface area (Å²) in [6.45, 7) is 0. The first-order valence-electron chi connectivity index (χ1n) is 7.75. The quantitative estimate of drug-likeness (QED) is 0.764. The summed E-state index contributed by atoms with van der Waals surface area (Å²) in [5.74, 6) is -0.290. The fraction of sp³-hybridized carbons (Fsp3) is 0.150. The normalized spacial score (nSPS) is 11.8. The standard InChI is InChI=1S/C20H18FNO3/c1-24-17-10-6-9-15(18(17)21)19(23)16-11-14(12-22-20(16)25-2)13-7-4-3-5-8-13/h3-12,19,23H,1-2H3. The molecule has 1 atom stereocenters. The van der Waals surface area contributed by atoms with Crippen molar-refractivity contribution in [3.05, 3.63) is 77.7 Å². The van der Waals surface area contributed by atoms with Gasteiger partial charge in [0, 0.05) is 22.9 Å². The Balaban J connectivity index is 2.09. The Kier molecular flexibility index (Phi) is 4.95. The van der Waals surface area contributed by atoms with E-state index in [-0.39, 0.29) is 17.2 Å². The number of aliphatic hydroxyl groups excluding tert-OH is 1. The molecule has 0 aliphatic rings. The Morgan fingerprint density at radius 3 is 2.36 bits per heavy atom. The van der Waals surface area contributed by atoms with E-state index in [1.807, 2.05) is 30.3 Å². The third-order valence-electron chi connectivity index (χ3n) is 3.98. The summed E-state index contributed by atoms with van der Waals surface area (Å²) < 4.78 is 24.8. The Bertz CT molecular complexity index is 868. The predicted molar refractivity (Wildman–Crippen MR) is 93.2 cm³/mol. The zero-order valence-corrected chi connectivity index (χ0v) is 13.9. The topological polar surface area (TPSA) is 51.6 Å². The summed E-state index contributed by atoms with van der Waals surface area (Å²) in [4.78, 5) is 4.26. The second-order valence-electron chi connectivity index (χ2n) is 5.45. The van der Waals surface area contributed by atoms with Gasteiger partial charge in [-0.05, 0) is 17.7 Å². The number of ether oxygens (including phenoxy) is 2. The van der Waals surface area contributed by atoms with Crippen molar-refractivity contribution < 1.29 is 19.0 Å². The van der Waals surface area contributed by atoms with Crippen molar-refractivity contribution in [1.82, 2.24) is 4.98 Å². The SMILES string of the molecule is COc1cccc(C(O)c2cc(-c3ccccc3)cnc2OC)c1F. The molecular formula is C20H18FNO3. The van der Waals surface area contributed by atoms with E-state index in [2.05, 4.69) is 4.98 Å². The molecular weight excluding hydrogens is 321 g/mol. The fourth-order valence-corrected chi connectivity index (χ4v) is 2.69. The van der Waals surface area contributed by atoms with Crippen LogP contribution in [0.3, 0.4) is 0 Å². The van der Waals surface area contributed by atoms with Gasteiger partial charge in [-0.2, -0.15) is 0 Å². The minimum atomic E-state index is -1.23. The number of pyridine rings is 1. The zero-order valence-electron chi connectivity index (χ0n) is 13.9. The van der Waals surface area contributed by atoms with Gasteiger partial charge in [-0.15, -0.1) is 0 Å². The number of methoxy groups -OCH3 is 2.